The van der Waals surface area contributed by atoms with Gasteiger partial charge < -0.3 is 15.0 Å². The first-order chi connectivity index (χ1) is 14.4. The van der Waals surface area contributed by atoms with E-state index in [1.165, 1.54) is 14.0 Å². The largest absolute Gasteiger partial charge is 0.465 e. The van der Waals surface area contributed by atoms with Crippen LogP contribution >= 0.6 is 0 Å². The minimum atomic E-state index is -0.350. The molecule has 158 valence electrons. The van der Waals surface area contributed by atoms with E-state index in [2.05, 4.69) is 22.0 Å². The lowest BCUT2D eigenvalue weighted by Crippen LogP contribution is -2.53. The second-order valence-electron chi connectivity index (χ2n) is 7.45. The Balaban J connectivity index is 1.57. The number of anilines is 2. The highest BCUT2D eigenvalue weighted by molar-refractivity contribution is 6.04. The SMILES string of the molecule is COC(=O)c1ccc(N2CCN(CC(=O)Nc3ccccc3C(C)=O)C(C)C2)cc1. The molecule has 2 aromatic carbocycles. The first kappa shape index (κ1) is 21.5. The molecule has 30 heavy (non-hydrogen) atoms. The Hall–Kier alpha value is -3.19. The zero-order valence-electron chi connectivity index (χ0n) is 17.6. The van der Waals surface area contributed by atoms with Crippen LogP contribution in [-0.4, -0.2) is 61.9 Å². The Morgan fingerprint density at radius 1 is 1.07 bits per heavy atom. The van der Waals surface area contributed by atoms with Crippen molar-refractivity contribution in [3.63, 3.8) is 0 Å². The molecule has 1 fully saturated rings. The van der Waals surface area contributed by atoms with Crippen molar-refractivity contribution in [1.82, 2.24) is 4.90 Å². The number of esters is 1. The fourth-order valence-electron chi connectivity index (χ4n) is 3.66. The molecular formula is C23H27N3O4. The average molecular weight is 409 g/mol. The van der Waals surface area contributed by atoms with Crippen LogP contribution in [-0.2, 0) is 9.53 Å². The predicted molar refractivity (Wildman–Crippen MR) is 116 cm³/mol. The van der Waals surface area contributed by atoms with Gasteiger partial charge in [0.25, 0.3) is 0 Å². The smallest absolute Gasteiger partial charge is 0.337 e. The summed E-state index contributed by atoms with van der Waals surface area (Å²) in [5, 5.41) is 2.87. The van der Waals surface area contributed by atoms with Gasteiger partial charge in [-0.05, 0) is 50.2 Å². The third kappa shape index (κ3) is 5.04. The summed E-state index contributed by atoms with van der Waals surface area (Å²) in [5.74, 6) is -0.561. The normalized spacial score (nSPS) is 16.8. The molecule has 0 saturated carbocycles. The van der Waals surface area contributed by atoms with Crippen LogP contribution in [0.3, 0.4) is 0 Å². The minimum absolute atomic E-state index is 0.0777. The maximum absolute atomic E-state index is 12.6. The number of methoxy groups -OCH3 is 1. The van der Waals surface area contributed by atoms with E-state index < -0.39 is 0 Å². The number of ether oxygens (including phenoxy) is 1. The molecule has 0 aliphatic carbocycles. The number of benzene rings is 2. The lowest BCUT2D eigenvalue weighted by molar-refractivity contribution is -0.117. The first-order valence-electron chi connectivity index (χ1n) is 9.96. The Morgan fingerprint density at radius 3 is 2.40 bits per heavy atom. The van der Waals surface area contributed by atoms with Crippen molar-refractivity contribution in [2.24, 2.45) is 0 Å². The molecule has 1 N–H and O–H groups in total. The highest BCUT2D eigenvalue weighted by Crippen LogP contribution is 2.21. The number of nitrogens with one attached hydrogen (secondary N) is 1. The van der Waals surface area contributed by atoms with Gasteiger partial charge in [0.05, 0.1) is 24.9 Å². The van der Waals surface area contributed by atoms with E-state index in [1.54, 1.807) is 36.4 Å². The molecule has 1 aliphatic rings. The number of carbonyl (C=O) groups is 3. The van der Waals surface area contributed by atoms with Gasteiger partial charge >= 0.3 is 5.97 Å². The fourth-order valence-corrected chi connectivity index (χ4v) is 3.66. The van der Waals surface area contributed by atoms with Crippen LogP contribution in [0.5, 0.6) is 0 Å². The number of rotatable bonds is 6. The summed E-state index contributed by atoms with van der Waals surface area (Å²) in [4.78, 5) is 40.3. The second kappa shape index (κ2) is 9.54. The highest BCUT2D eigenvalue weighted by Gasteiger charge is 2.26. The van der Waals surface area contributed by atoms with Crippen molar-refractivity contribution in [2.75, 3.05) is 43.5 Å². The maximum atomic E-state index is 12.6. The summed E-state index contributed by atoms with van der Waals surface area (Å²) in [5.41, 5.74) is 2.62. The minimum Gasteiger partial charge on any atom is -0.465 e. The van der Waals surface area contributed by atoms with E-state index in [9.17, 15) is 14.4 Å². The number of ketones is 1. The van der Waals surface area contributed by atoms with Crippen molar-refractivity contribution in [3.05, 3.63) is 59.7 Å². The van der Waals surface area contributed by atoms with Crippen LogP contribution in [0.2, 0.25) is 0 Å². The third-order valence-corrected chi connectivity index (χ3v) is 5.35. The molecule has 0 radical (unpaired) electrons. The molecule has 7 nitrogen and oxygen atoms in total. The van der Waals surface area contributed by atoms with E-state index in [1.807, 2.05) is 12.1 Å². The highest BCUT2D eigenvalue weighted by atomic mass is 16.5. The quantitative estimate of drug-likeness (QED) is 0.584. The Morgan fingerprint density at radius 2 is 1.77 bits per heavy atom. The fraction of sp³-hybridized carbons (Fsp3) is 0.348. The van der Waals surface area contributed by atoms with E-state index in [0.717, 1.165) is 25.3 Å². The molecule has 1 unspecified atom stereocenters. The second-order valence-corrected chi connectivity index (χ2v) is 7.45. The molecule has 1 aliphatic heterocycles. The van der Waals surface area contributed by atoms with Crippen molar-refractivity contribution in [3.8, 4) is 0 Å². The van der Waals surface area contributed by atoms with Crippen LogP contribution in [0.15, 0.2) is 48.5 Å². The van der Waals surface area contributed by atoms with Gasteiger partial charge in [0.15, 0.2) is 5.78 Å². The van der Waals surface area contributed by atoms with Gasteiger partial charge in [-0.1, -0.05) is 12.1 Å². The van der Waals surface area contributed by atoms with Gasteiger partial charge in [-0.2, -0.15) is 0 Å². The van der Waals surface area contributed by atoms with Gasteiger partial charge in [0.2, 0.25) is 5.91 Å². The molecule has 0 spiro atoms. The van der Waals surface area contributed by atoms with Crippen molar-refractivity contribution >= 4 is 29.0 Å². The topological polar surface area (TPSA) is 79.0 Å². The number of para-hydroxylation sites is 1. The summed E-state index contributed by atoms with van der Waals surface area (Å²) in [6.45, 7) is 6.13. The lowest BCUT2D eigenvalue weighted by atomic mass is 10.1. The van der Waals surface area contributed by atoms with Crippen molar-refractivity contribution in [1.29, 1.82) is 0 Å². The third-order valence-electron chi connectivity index (χ3n) is 5.35. The number of amides is 1. The zero-order chi connectivity index (χ0) is 21.7. The lowest BCUT2D eigenvalue weighted by Gasteiger charge is -2.40. The molecule has 1 amide bonds. The molecule has 1 heterocycles. The average Bonchev–Trinajstić information content (AvgIpc) is 2.75. The summed E-state index contributed by atoms with van der Waals surface area (Å²) in [6.07, 6.45) is 0. The number of Topliss-reactive ketones (excluding diaryl/α,β-unsaturated/α-hetero) is 1. The zero-order valence-corrected chi connectivity index (χ0v) is 17.6. The summed E-state index contributed by atoms with van der Waals surface area (Å²) < 4.78 is 4.74. The van der Waals surface area contributed by atoms with E-state index in [-0.39, 0.29) is 30.2 Å². The molecule has 3 rings (SSSR count). The van der Waals surface area contributed by atoms with Crippen LogP contribution < -0.4 is 10.2 Å². The van der Waals surface area contributed by atoms with E-state index in [0.29, 0.717) is 16.8 Å². The Labute approximate surface area is 176 Å². The Kier molecular flexibility index (Phi) is 6.84. The molecule has 1 saturated heterocycles. The summed E-state index contributed by atoms with van der Waals surface area (Å²) in [7, 11) is 1.37. The van der Waals surface area contributed by atoms with Gasteiger partial charge in [0, 0.05) is 36.9 Å². The molecular weight excluding hydrogens is 382 g/mol. The Bertz CT molecular complexity index is 926. The molecule has 0 aromatic heterocycles. The van der Waals surface area contributed by atoms with Crippen LogP contribution in [0.4, 0.5) is 11.4 Å². The van der Waals surface area contributed by atoms with Crippen LogP contribution in [0.1, 0.15) is 34.6 Å². The summed E-state index contributed by atoms with van der Waals surface area (Å²) >= 11 is 0. The standard InChI is InChI=1S/C23H27N3O4/c1-16-14-26(19-10-8-18(9-11-19)23(29)30-3)13-12-25(16)15-22(28)24-21-7-5-4-6-20(21)17(2)27/h4-11,16H,12-15H2,1-3H3,(H,24,28). The number of nitrogens with zero attached hydrogens (tertiary/aromatic N) is 2. The first-order valence-corrected chi connectivity index (χ1v) is 9.96. The van der Waals surface area contributed by atoms with Crippen molar-refractivity contribution in [2.45, 2.75) is 19.9 Å². The maximum Gasteiger partial charge on any atom is 0.337 e. The van der Waals surface area contributed by atoms with Gasteiger partial charge in [-0.25, -0.2) is 4.79 Å². The van der Waals surface area contributed by atoms with Crippen LogP contribution in [0.25, 0.3) is 0 Å². The molecule has 2 aromatic rings. The van der Waals surface area contributed by atoms with Gasteiger partial charge in [-0.15, -0.1) is 0 Å². The number of piperazine rings is 1. The van der Waals surface area contributed by atoms with Gasteiger partial charge in [-0.3, -0.25) is 14.5 Å². The predicted octanol–water partition coefficient (Wildman–Crippen LogP) is 2.83. The monoisotopic (exact) mass is 409 g/mol. The number of carbonyl (C=O) groups excluding carboxylic acids is 3. The van der Waals surface area contributed by atoms with E-state index >= 15 is 0 Å². The van der Waals surface area contributed by atoms with Crippen molar-refractivity contribution < 1.29 is 19.1 Å². The van der Waals surface area contributed by atoms with Crippen LogP contribution in [0, 0.1) is 0 Å². The summed E-state index contributed by atoms with van der Waals surface area (Å²) in [6, 6.07) is 14.6. The number of hydrogen-bond acceptors (Lipinski definition) is 6. The molecule has 1 atom stereocenters. The molecule has 7 heteroatoms. The number of hydrogen-bond donors (Lipinski definition) is 1. The van der Waals surface area contributed by atoms with Gasteiger partial charge in [0.1, 0.15) is 0 Å². The molecule has 0 bridgehead atoms. The van der Waals surface area contributed by atoms with E-state index in [4.69, 9.17) is 4.74 Å².